The monoisotopic (exact) mass is 237 g/mol. The molecule has 1 rings (SSSR count). The van der Waals surface area contributed by atoms with E-state index in [1.54, 1.807) is 0 Å². The number of H-pyrrole nitrogens is 1. The Hall–Kier alpha value is -1.25. The second kappa shape index (κ2) is 7.15. The van der Waals surface area contributed by atoms with Gasteiger partial charge in [0.15, 0.2) is 0 Å². The number of aryl methyl sites for hydroxylation is 1. The quantitative estimate of drug-likeness (QED) is 0.581. The number of nitrogens with one attached hydrogen (secondary N) is 1. The van der Waals surface area contributed by atoms with Crippen LogP contribution in [0.1, 0.15) is 61.1 Å². The SMILES string of the molecule is CCCCCCc1c(C)c[nH]c1C(=O)OCC. The molecule has 1 aromatic heterocycles. The zero-order valence-electron chi connectivity index (χ0n) is 11.1. The molecule has 0 atom stereocenters. The van der Waals surface area contributed by atoms with Crippen LogP contribution in [0.5, 0.6) is 0 Å². The van der Waals surface area contributed by atoms with Crippen molar-refractivity contribution < 1.29 is 9.53 Å². The summed E-state index contributed by atoms with van der Waals surface area (Å²) in [6.45, 7) is 6.49. The maximum atomic E-state index is 11.7. The predicted octanol–water partition coefficient (Wildman–Crippen LogP) is 3.62. The van der Waals surface area contributed by atoms with Crippen molar-refractivity contribution in [1.82, 2.24) is 4.98 Å². The molecule has 1 aromatic rings. The summed E-state index contributed by atoms with van der Waals surface area (Å²) in [6, 6.07) is 0. The van der Waals surface area contributed by atoms with Crippen LogP contribution in [-0.4, -0.2) is 17.6 Å². The first-order chi connectivity index (χ1) is 8.20. The molecule has 3 nitrogen and oxygen atoms in total. The minimum Gasteiger partial charge on any atom is -0.461 e. The Morgan fingerprint density at radius 3 is 2.71 bits per heavy atom. The molecule has 0 radical (unpaired) electrons. The van der Waals surface area contributed by atoms with Gasteiger partial charge in [-0.05, 0) is 37.8 Å². The first-order valence-corrected chi connectivity index (χ1v) is 6.54. The minimum absolute atomic E-state index is 0.230. The van der Waals surface area contributed by atoms with E-state index in [9.17, 15) is 4.79 Å². The molecular formula is C14H23NO2. The average Bonchev–Trinajstić information content (AvgIpc) is 2.67. The predicted molar refractivity (Wildman–Crippen MR) is 69.3 cm³/mol. The lowest BCUT2D eigenvalue weighted by atomic mass is 10.0. The van der Waals surface area contributed by atoms with E-state index < -0.39 is 0 Å². The van der Waals surface area contributed by atoms with Gasteiger partial charge in [-0.1, -0.05) is 26.2 Å². The van der Waals surface area contributed by atoms with E-state index in [1.807, 2.05) is 20.0 Å². The fourth-order valence-corrected chi connectivity index (χ4v) is 1.99. The summed E-state index contributed by atoms with van der Waals surface area (Å²) in [5.74, 6) is -0.230. The number of ether oxygens (including phenoxy) is 1. The number of rotatable bonds is 7. The van der Waals surface area contributed by atoms with Crippen LogP contribution in [0, 0.1) is 6.92 Å². The third-order valence-electron chi connectivity index (χ3n) is 2.97. The first-order valence-electron chi connectivity index (χ1n) is 6.54. The first kappa shape index (κ1) is 13.8. The fraction of sp³-hybridized carbons (Fsp3) is 0.643. The third-order valence-corrected chi connectivity index (χ3v) is 2.97. The third kappa shape index (κ3) is 3.91. The summed E-state index contributed by atoms with van der Waals surface area (Å²) in [5, 5.41) is 0. The molecule has 1 heterocycles. The molecule has 0 aliphatic carbocycles. The lowest BCUT2D eigenvalue weighted by molar-refractivity contribution is 0.0519. The largest absolute Gasteiger partial charge is 0.461 e. The van der Waals surface area contributed by atoms with Gasteiger partial charge in [0.05, 0.1) is 6.61 Å². The summed E-state index contributed by atoms with van der Waals surface area (Å²) in [7, 11) is 0. The van der Waals surface area contributed by atoms with Gasteiger partial charge < -0.3 is 9.72 Å². The average molecular weight is 237 g/mol. The normalized spacial score (nSPS) is 10.5. The highest BCUT2D eigenvalue weighted by atomic mass is 16.5. The maximum absolute atomic E-state index is 11.7. The van der Waals surface area contributed by atoms with Crippen molar-refractivity contribution in [3.05, 3.63) is 23.0 Å². The van der Waals surface area contributed by atoms with Crippen molar-refractivity contribution in [3.63, 3.8) is 0 Å². The molecule has 0 spiro atoms. The Morgan fingerprint density at radius 2 is 2.06 bits per heavy atom. The lowest BCUT2D eigenvalue weighted by Crippen LogP contribution is -2.08. The van der Waals surface area contributed by atoms with Crippen molar-refractivity contribution in [3.8, 4) is 0 Å². The summed E-state index contributed by atoms with van der Waals surface area (Å²) in [4.78, 5) is 14.7. The van der Waals surface area contributed by atoms with E-state index >= 15 is 0 Å². The molecule has 1 N–H and O–H groups in total. The molecule has 0 saturated heterocycles. The number of esters is 1. The van der Waals surface area contributed by atoms with E-state index in [2.05, 4.69) is 11.9 Å². The summed E-state index contributed by atoms with van der Waals surface area (Å²) in [5.41, 5.74) is 2.92. The standard InChI is InChI=1S/C14H23NO2/c1-4-6-7-8-9-12-11(3)10-15-13(12)14(16)17-5-2/h10,15H,4-9H2,1-3H3. The number of carbonyl (C=O) groups excluding carboxylic acids is 1. The molecular weight excluding hydrogens is 214 g/mol. The Kier molecular flexibility index (Phi) is 5.81. The van der Waals surface area contributed by atoms with Crippen molar-refractivity contribution in [1.29, 1.82) is 0 Å². The van der Waals surface area contributed by atoms with Crippen LogP contribution in [0.4, 0.5) is 0 Å². The van der Waals surface area contributed by atoms with Crippen molar-refractivity contribution in [2.24, 2.45) is 0 Å². The molecule has 0 fully saturated rings. The van der Waals surface area contributed by atoms with Gasteiger partial charge in [0, 0.05) is 6.20 Å². The molecule has 0 aliphatic rings. The van der Waals surface area contributed by atoms with E-state index in [0.29, 0.717) is 12.3 Å². The number of aromatic amines is 1. The highest BCUT2D eigenvalue weighted by molar-refractivity contribution is 5.89. The smallest absolute Gasteiger partial charge is 0.355 e. The topological polar surface area (TPSA) is 42.1 Å². The zero-order valence-corrected chi connectivity index (χ0v) is 11.1. The Balaban J connectivity index is 2.63. The van der Waals surface area contributed by atoms with Crippen LogP contribution in [0.25, 0.3) is 0 Å². The van der Waals surface area contributed by atoms with Crippen LogP contribution in [0.2, 0.25) is 0 Å². The molecule has 3 heteroatoms. The van der Waals surface area contributed by atoms with E-state index in [-0.39, 0.29) is 5.97 Å². The maximum Gasteiger partial charge on any atom is 0.355 e. The van der Waals surface area contributed by atoms with Gasteiger partial charge in [0.1, 0.15) is 5.69 Å². The fourth-order valence-electron chi connectivity index (χ4n) is 1.99. The lowest BCUT2D eigenvalue weighted by Gasteiger charge is -2.05. The van der Waals surface area contributed by atoms with Gasteiger partial charge in [-0.25, -0.2) is 4.79 Å². The van der Waals surface area contributed by atoms with Crippen LogP contribution < -0.4 is 0 Å². The summed E-state index contributed by atoms with van der Waals surface area (Å²) < 4.78 is 5.04. The van der Waals surface area contributed by atoms with Gasteiger partial charge in [0.2, 0.25) is 0 Å². The number of unbranched alkanes of at least 4 members (excludes halogenated alkanes) is 3. The second-order valence-corrected chi connectivity index (χ2v) is 4.36. The summed E-state index contributed by atoms with van der Waals surface area (Å²) >= 11 is 0. The van der Waals surface area contributed by atoms with Crippen molar-refractivity contribution >= 4 is 5.97 Å². The molecule has 17 heavy (non-hydrogen) atoms. The van der Waals surface area contributed by atoms with Crippen molar-refractivity contribution in [2.75, 3.05) is 6.61 Å². The van der Waals surface area contributed by atoms with Gasteiger partial charge >= 0.3 is 5.97 Å². The molecule has 0 saturated carbocycles. The highest BCUT2D eigenvalue weighted by Gasteiger charge is 2.15. The number of hydrogen-bond donors (Lipinski definition) is 1. The molecule has 0 aromatic carbocycles. The molecule has 0 aliphatic heterocycles. The van der Waals surface area contributed by atoms with Crippen LogP contribution in [-0.2, 0) is 11.2 Å². The Morgan fingerprint density at radius 1 is 1.29 bits per heavy atom. The van der Waals surface area contributed by atoms with Crippen LogP contribution >= 0.6 is 0 Å². The molecule has 0 unspecified atom stereocenters. The minimum atomic E-state index is -0.230. The van der Waals surface area contributed by atoms with E-state index in [4.69, 9.17) is 4.74 Å². The van der Waals surface area contributed by atoms with Crippen LogP contribution in [0.3, 0.4) is 0 Å². The molecule has 0 amide bonds. The number of hydrogen-bond acceptors (Lipinski definition) is 2. The Bertz CT molecular complexity index is 355. The van der Waals surface area contributed by atoms with Gasteiger partial charge in [0.25, 0.3) is 0 Å². The second-order valence-electron chi connectivity index (χ2n) is 4.36. The Labute approximate surface area is 104 Å². The van der Waals surface area contributed by atoms with Gasteiger partial charge in [-0.2, -0.15) is 0 Å². The van der Waals surface area contributed by atoms with E-state index in [1.165, 1.54) is 19.3 Å². The summed E-state index contributed by atoms with van der Waals surface area (Å²) in [6.07, 6.45) is 7.71. The zero-order chi connectivity index (χ0) is 12.7. The highest BCUT2D eigenvalue weighted by Crippen LogP contribution is 2.18. The molecule has 0 bridgehead atoms. The van der Waals surface area contributed by atoms with Gasteiger partial charge in [-0.3, -0.25) is 0 Å². The van der Waals surface area contributed by atoms with Crippen LogP contribution in [0.15, 0.2) is 6.20 Å². The number of carbonyl (C=O) groups is 1. The number of aromatic nitrogens is 1. The molecule has 96 valence electrons. The van der Waals surface area contributed by atoms with Crippen molar-refractivity contribution in [2.45, 2.75) is 52.9 Å². The van der Waals surface area contributed by atoms with Gasteiger partial charge in [-0.15, -0.1) is 0 Å². The van der Waals surface area contributed by atoms with E-state index in [0.717, 1.165) is 24.0 Å².